The summed E-state index contributed by atoms with van der Waals surface area (Å²) in [4.78, 5) is 22.0. The van der Waals surface area contributed by atoms with Gasteiger partial charge in [0.1, 0.15) is 0 Å². The van der Waals surface area contributed by atoms with Gasteiger partial charge in [0.2, 0.25) is 0 Å². The third-order valence-electron chi connectivity index (χ3n) is 3.47. The molecule has 0 unspecified atom stereocenters. The summed E-state index contributed by atoms with van der Waals surface area (Å²) in [5, 5.41) is 0. The maximum atomic E-state index is 12.3. The number of alkyl halides is 6. The van der Waals surface area contributed by atoms with Gasteiger partial charge >= 0.3 is 24.3 Å². The quantitative estimate of drug-likeness (QED) is 0.342. The molecule has 12 heteroatoms. The SMILES string of the molecule is COC(=O)c1ccc(C(F)(F)F)c(Br)c1.COC(=O)c1ccc(C(F)(F)F)c(N)c1. The lowest BCUT2D eigenvalue weighted by Gasteiger charge is -2.10. The molecule has 0 saturated heterocycles. The number of methoxy groups -OCH3 is 2. The highest BCUT2D eigenvalue weighted by molar-refractivity contribution is 9.10. The molecule has 0 saturated carbocycles. The number of rotatable bonds is 2. The summed E-state index contributed by atoms with van der Waals surface area (Å²) < 4.78 is 82.3. The van der Waals surface area contributed by atoms with Crippen LogP contribution in [0.2, 0.25) is 0 Å². The van der Waals surface area contributed by atoms with Crippen LogP contribution in [-0.4, -0.2) is 26.2 Å². The fourth-order valence-electron chi connectivity index (χ4n) is 2.06. The van der Waals surface area contributed by atoms with E-state index >= 15 is 0 Å². The number of benzene rings is 2. The number of halogens is 7. The molecule has 0 aliphatic carbocycles. The average Bonchev–Trinajstić information content (AvgIpc) is 2.65. The molecule has 2 aromatic carbocycles. The lowest BCUT2D eigenvalue weighted by molar-refractivity contribution is -0.138. The predicted molar refractivity (Wildman–Crippen MR) is 97.7 cm³/mol. The van der Waals surface area contributed by atoms with Crippen molar-refractivity contribution in [1.29, 1.82) is 0 Å². The molecule has 0 aliphatic rings. The van der Waals surface area contributed by atoms with Gasteiger partial charge in [-0.05, 0) is 36.4 Å². The molecule has 0 heterocycles. The molecule has 0 atom stereocenters. The van der Waals surface area contributed by atoms with Crippen molar-refractivity contribution in [3.05, 3.63) is 63.1 Å². The van der Waals surface area contributed by atoms with Crippen molar-refractivity contribution in [2.75, 3.05) is 20.0 Å². The van der Waals surface area contributed by atoms with Gasteiger partial charge in [-0.15, -0.1) is 0 Å². The van der Waals surface area contributed by atoms with Crippen molar-refractivity contribution in [3.8, 4) is 0 Å². The molecule has 0 bridgehead atoms. The van der Waals surface area contributed by atoms with Gasteiger partial charge in [-0.25, -0.2) is 9.59 Å². The highest BCUT2D eigenvalue weighted by Crippen LogP contribution is 2.35. The zero-order valence-corrected chi connectivity index (χ0v) is 16.9. The van der Waals surface area contributed by atoms with Gasteiger partial charge in [-0.2, -0.15) is 26.3 Å². The van der Waals surface area contributed by atoms with E-state index < -0.39 is 41.1 Å². The molecular weight excluding hydrogens is 488 g/mol. The Balaban J connectivity index is 0.000000300. The van der Waals surface area contributed by atoms with Crippen LogP contribution in [0.4, 0.5) is 32.0 Å². The van der Waals surface area contributed by atoms with Gasteiger partial charge in [0.15, 0.2) is 0 Å². The normalized spacial score (nSPS) is 11.2. The fraction of sp³-hybridized carbons (Fsp3) is 0.222. The van der Waals surface area contributed by atoms with Crippen molar-refractivity contribution < 1.29 is 45.4 Å². The first-order valence-corrected chi connectivity index (χ1v) is 8.51. The summed E-state index contributed by atoms with van der Waals surface area (Å²) in [6.07, 6.45) is -8.95. The van der Waals surface area contributed by atoms with Crippen LogP contribution in [0.25, 0.3) is 0 Å². The molecule has 0 spiro atoms. The monoisotopic (exact) mass is 501 g/mol. The summed E-state index contributed by atoms with van der Waals surface area (Å²) in [7, 11) is 2.30. The molecule has 0 fully saturated rings. The summed E-state index contributed by atoms with van der Waals surface area (Å²) >= 11 is 2.75. The number of carbonyl (C=O) groups is 2. The van der Waals surface area contributed by atoms with Crippen molar-refractivity contribution in [2.24, 2.45) is 0 Å². The third-order valence-corrected chi connectivity index (χ3v) is 4.13. The molecule has 5 nitrogen and oxygen atoms in total. The van der Waals surface area contributed by atoms with E-state index in [0.717, 1.165) is 50.6 Å². The Morgan fingerprint density at radius 2 is 1.20 bits per heavy atom. The molecule has 164 valence electrons. The van der Waals surface area contributed by atoms with Crippen LogP contribution in [-0.2, 0) is 21.8 Å². The third kappa shape index (κ3) is 6.65. The number of nitrogen functional groups attached to an aromatic ring is 1. The first-order chi connectivity index (χ1) is 13.7. The summed E-state index contributed by atoms with van der Waals surface area (Å²) in [6, 6.07) is 5.69. The molecular formula is C18H14BrF6NO4. The number of hydrogen-bond donors (Lipinski definition) is 1. The Hall–Kier alpha value is -2.76. The summed E-state index contributed by atoms with van der Waals surface area (Å²) in [5.41, 5.74) is 2.95. The van der Waals surface area contributed by atoms with Crippen molar-refractivity contribution in [3.63, 3.8) is 0 Å². The lowest BCUT2D eigenvalue weighted by Crippen LogP contribution is -2.10. The van der Waals surface area contributed by atoms with Crippen LogP contribution in [0.15, 0.2) is 40.9 Å². The van der Waals surface area contributed by atoms with Gasteiger partial charge in [-0.1, -0.05) is 15.9 Å². The standard InChI is InChI=1S/C9H6BrF3O2.C9H8F3NO2/c1-15-8(14)5-2-3-6(7(10)4-5)9(11,12)13;1-15-8(14)5-2-3-6(7(13)4-5)9(10,11)12/h2-4H,1H3;2-4H,13H2,1H3. The zero-order chi connectivity index (χ0) is 23.3. The highest BCUT2D eigenvalue weighted by atomic mass is 79.9. The van der Waals surface area contributed by atoms with Gasteiger partial charge < -0.3 is 15.2 Å². The summed E-state index contributed by atoms with van der Waals surface area (Å²) in [5.74, 6) is -1.40. The Kier molecular flexibility index (Phi) is 8.28. The zero-order valence-electron chi connectivity index (χ0n) is 15.3. The van der Waals surface area contributed by atoms with E-state index in [0.29, 0.717) is 0 Å². The number of hydrogen-bond acceptors (Lipinski definition) is 5. The van der Waals surface area contributed by atoms with E-state index in [1.165, 1.54) is 0 Å². The van der Waals surface area contributed by atoms with Gasteiger partial charge in [0, 0.05) is 10.2 Å². The maximum absolute atomic E-state index is 12.3. The Labute approximate surface area is 174 Å². The molecule has 0 amide bonds. The minimum absolute atomic E-state index is 0.0111. The molecule has 0 aromatic heterocycles. The molecule has 2 aromatic rings. The Bertz CT molecular complexity index is 852. The van der Waals surface area contributed by atoms with Crippen LogP contribution >= 0.6 is 15.9 Å². The topological polar surface area (TPSA) is 78.6 Å². The Morgan fingerprint density at radius 3 is 1.53 bits per heavy atom. The molecule has 0 aliphatic heterocycles. The van der Waals surface area contributed by atoms with Crippen LogP contribution in [0.5, 0.6) is 0 Å². The van der Waals surface area contributed by atoms with E-state index in [1.54, 1.807) is 0 Å². The fourth-order valence-corrected chi connectivity index (χ4v) is 2.66. The van der Waals surface area contributed by atoms with Crippen LogP contribution in [0.1, 0.15) is 31.8 Å². The van der Waals surface area contributed by atoms with E-state index in [1.807, 2.05) is 0 Å². The second kappa shape index (κ2) is 9.83. The second-order valence-corrected chi connectivity index (χ2v) is 6.33. The van der Waals surface area contributed by atoms with Gasteiger partial charge in [0.25, 0.3) is 0 Å². The first-order valence-electron chi connectivity index (χ1n) is 7.72. The Morgan fingerprint density at radius 1 is 0.800 bits per heavy atom. The first kappa shape index (κ1) is 25.3. The van der Waals surface area contributed by atoms with E-state index in [-0.39, 0.29) is 15.6 Å². The number of esters is 2. The predicted octanol–water partition coefficient (Wildman–Crippen LogP) is 5.33. The average molecular weight is 502 g/mol. The van der Waals surface area contributed by atoms with E-state index in [9.17, 15) is 35.9 Å². The number of anilines is 1. The van der Waals surface area contributed by atoms with Crippen molar-refractivity contribution >= 4 is 33.6 Å². The van der Waals surface area contributed by atoms with Gasteiger partial charge in [-0.3, -0.25) is 0 Å². The van der Waals surface area contributed by atoms with Gasteiger partial charge in [0.05, 0.1) is 36.5 Å². The van der Waals surface area contributed by atoms with Crippen LogP contribution in [0, 0.1) is 0 Å². The van der Waals surface area contributed by atoms with E-state index in [2.05, 4.69) is 25.4 Å². The maximum Gasteiger partial charge on any atom is 0.418 e. The summed E-state index contributed by atoms with van der Waals surface area (Å²) in [6.45, 7) is 0. The highest BCUT2D eigenvalue weighted by Gasteiger charge is 2.34. The van der Waals surface area contributed by atoms with Crippen LogP contribution < -0.4 is 5.73 Å². The second-order valence-electron chi connectivity index (χ2n) is 5.48. The number of nitrogens with two attached hydrogens (primary N) is 1. The minimum Gasteiger partial charge on any atom is -0.465 e. The molecule has 0 radical (unpaired) electrons. The smallest absolute Gasteiger partial charge is 0.418 e. The number of carbonyl (C=O) groups excluding carboxylic acids is 2. The van der Waals surface area contributed by atoms with E-state index in [4.69, 9.17) is 5.73 Å². The molecule has 30 heavy (non-hydrogen) atoms. The van der Waals surface area contributed by atoms with Crippen LogP contribution in [0.3, 0.4) is 0 Å². The van der Waals surface area contributed by atoms with Crippen molar-refractivity contribution in [1.82, 2.24) is 0 Å². The number of ether oxygens (including phenoxy) is 2. The lowest BCUT2D eigenvalue weighted by atomic mass is 10.1. The van der Waals surface area contributed by atoms with Crippen molar-refractivity contribution in [2.45, 2.75) is 12.4 Å². The largest absolute Gasteiger partial charge is 0.465 e. The minimum atomic E-state index is -4.52. The molecule has 2 N–H and O–H groups in total. The molecule has 2 rings (SSSR count).